The lowest BCUT2D eigenvalue weighted by molar-refractivity contribution is -0.135. The van der Waals surface area contributed by atoms with Gasteiger partial charge in [-0.25, -0.2) is 4.79 Å². The summed E-state index contributed by atoms with van der Waals surface area (Å²) in [6.07, 6.45) is 0. The molecule has 1 aromatic rings. The van der Waals surface area contributed by atoms with Gasteiger partial charge in [0.1, 0.15) is 0 Å². The van der Waals surface area contributed by atoms with Crippen LogP contribution in [0.25, 0.3) is 0 Å². The number of rotatable bonds is 3. The predicted octanol–water partition coefficient (Wildman–Crippen LogP) is 0.778. The summed E-state index contributed by atoms with van der Waals surface area (Å²) in [5.74, 6) is -0.649. The quantitative estimate of drug-likeness (QED) is 0.357. The van der Waals surface area contributed by atoms with Crippen LogP contribution < -0.4 is 0 Å². The van der Waals surface area contributed by atoms with Crippen molar-refractivity contribution >= 4 is 11.7 Å². The molecule has 0 aliphatic rings. The third-order valence-corrected chi connectivity index (χ3v) is 2.31. The van der Waals surface area contributed by atoms with Crippen molar-refractivity contribution in [2.24, 2.45) is 12.2 Å². The summed E-state index contributed by atoms with van der Waals surface area (Å²) in [4.78, 5) is 11.5. The second kappa shape index (κ2) is 4.78. The van der Waals surface area contributed by atoms with Gasteiger partial charge in [-0.05, 0) is 20.8 Å². The molecule has 0 saturated heterocycles. The fourth-order valence-electron chi connectivity index (χ4n) is 1.51. The highest BCUT2D eigenvalue weighted by atomic mass is 16.5. The molecule has 0 bridgehead atoms. The largest absolute Gasteiger partial charge is 0.461 e. The van der Waals surface area contributed by atoms with E-state index < -0.39 is 5.97 Å². The Morgan fingerprint density at radius 2 is 2.19 bits per heavy atom. The van der Waals surface area contributed by atoms with E-state index in [2.05, 4.69) is 10.3 Å². The average molecular weight is 225 g/mol. The third kappa shape index (κ3) is 2.05. The summed E-state index contributed by atoms with van der Waals surface area (Å²) in [5, 5.41) is 16.0. The molecule has 1 N–H and O–H groups in total. The molecule has 0 amide bonds. The van der Waals surface area contributed by atoms with Gasteiger partial charge in [-0.15, -0.1) is 0 Å². The molecule has 0 fully saturated rings. The predicted molar refractivity (Wildman–Crippen MR) is 57.6 cm³/mol. The van der Waals surface area contributed by atoms with E-state index in [0.29, 0.717) is 11.3 Å². The summed E-state index contributed by atoms with van der Waals surface area (Å²) >= 11 is 0. The Hall–Kier alpha value is -1.85. The molecule has 0 aromatic carbocycles. The van der Waals surface area contributed by atoms with Crippen LogP contribution >= 0.6 is 0 Å². The molecule has 1 aromatic heterocycles. The van der Waals surface area contributed by atoms with Crippen molar-refractivity contribution in [3.05, 3.63) is 17.0 Å². The molecule has 6 heteroatoms. The minimum atomic E-state index is -0.649. The zero-order valence-corrected chi connectivity index (χ0v) is 9.81. The topological polar surface area (TPSA) is 76.7 Å². The van der Waals surface area contributed by atoms with Crippen LogP contribution in [0.2, 0.25) is 0 Å². The van der Waals surface area contributed by atoms with Crippen LogP contribution in [0, 0.1) is 13.8 Å². The maximum Gasteiger partial charge on any atom is 0.361 e. The standard InChI is InChI=1S/C10H15N3O3/c1-5-16-10(14)9(12-15)8-6(2)11-13(4)7(8)3/h15H,5H2,1-4H3/b12-9+. The molecular weight excluding hydrogens is 210 g/mol. The van der Waals surface area contributed by atoms with Crippen LogP contribution in [0.3, 0.4) is 0 Å². The molecule has 0 aliphatic carbocycles. The van der Waals surface area contributed by atoms with Gasteiger partial charge in [0.25, 0.3) is 0 Å². The third-order valence-electron chi connectivity index (χ3n) is 2.31. The number of nitrogens with zero attached hydrogens (tertiary/aromatic N) is 3. The van der Waals surface area contributed by atoms with Gasteiger partial charge in [-0.2, -0.15) is 5.10 Å². The second-order valence-electron chi connectivity index (χ2n) is 3.34. The van der Waals surface area contributed by atoms with Crippen LogP contribution in [0.4, 0.5) is 0 Å². The van der Waals surface area contributed by atoms with Crippen molar-refractivity contribution in [3.8, 4) is 0 Å². The summed E-state index contributed by atoms with van der Waals surface area (Å²) in [6, 6.07) is 0. The van der Waals surface area contributed by atoms with E-state index in [-0.39, 0.29) is 12.3 Å². The molecule has 0 atom stereocenters. The summed E-state index contributed by atoms with van der Waals surface area (Å²) in [7, 11) is 1.76. The number of carbonyl (C=O) groups is 1. The van der Waals surface area contributed by atoms with Crippen molar-refractivity contribution < 1.29 is 14.7 Å². The van der Waals surface area contributed by atoms with Gasteiger partial charge in [0.15, 0.2) is 5.71 Å². The first kappa shape index (κ1) is 12.2. The first-order valence-electron chi connectivity index (χ1n) is 4.92. The number of hydrogen-bond donors (Lipinski definition) is 1. The number of esters is 1. The molecule has 0 aliphatic heterocycles. The molecule has 16 heavy (non-hydrogen) atoms. The van der Waals surface area contributed by atoms with Crippen molar-refractivity contribution in [3.63, 3.8) is 0 Å². The number of aromatic nitrogens is 2. The van der Waals surface area contributed by atoms with Gasteiger partial charge in [-0.3, -0.25) is 4.68 Å². The van der Waals surface area contributed by atoms with E-state index in [1.165, 1.54) is 0 Å². The SMILES string of the molecule is CCOC(=O)/C(=N/O)c1c(C)nn(C)c1C. The van der Waals surface area contributed by atoms with Gasteiger partial charge in [0.2, 0.25) is 0 Å². The molecule has 1 heterocycles. The highest BCUT2D eigenvalue weighted by Gasteiger charge is 2.23. The van der Waals surface area contributed by atoms with Crippen LogP contribution in [0.5, 0.6) is 0 Å². The van der Waals surface area contributed by atoms with E-state index in [9.17, 15) is 4.79 Å². The van der Waals surface area contributed by atoms with Crippen molar-refractivity contribution in [1.82, 2.24) is 9.78 Å². The van der Waals surface area contributed by atoms with Crippen LogP contribution in [0.15, 0.2) is 5.16 Å². The monoisotopic (exact) mass is 225 g/mol. The van der Waals surface area contributed by atoms with Gasteiger partial charge >= 0.3 is 5.97 Å². The van der Waals surface area contributed by atoms with E-state index in [4.69, 9.17) is 9.94 Å². The fraction of sp³-hybridized carbons (Fsp3) is 0.500. The van der Waals surface area contributed by atoms with Gasteiger partial charge in [0, 0.05) is 12.7 Å². The Kier molecular flexibility index (Phi) is 3.65. The van der Waals surface area contributed by atoms with Crippen LogP contribution in [-0.4, -0.2) is 33.3 Å². The van der Waals surface area contributed by atoms with E-state index in [1.54, 1.807) is 32.5 Å². The first-order chi connectivity index (χ1) is 7.52. The van der Waals surface area contributed by atoms with Gasteiger partial charge in [0.05, 0.1) is 17.9 Å². The van der Waals surface area contributed by atoms with Gasteiger partial charge < -0.3 is 9.94 Å². The Morgan fingerprint density at radius 1 is 1.56 bits per heavy atom. The lowest BCUT2D eigenvalue weighted by Gasteiger charge is -2.04. The number of oxime groups is 1. The Balaban J connectivity index is 3.20. The smallest absolute Gasteiger partial charge is 0.361 e. The lowest BCUT2D eigenvalue weighted by atomic mass is 10.1. The van der Waals surface area contributed by atoms with E-state index >= 15 is 0 Å². The molecule has 6 nitrogen and oxygen atoms in total. The lowest BCUT2D eigenvalue weighted by Crippen LogP contribution is -2.20. The number of aryl methyl sites for hydroxylation is 2. The number of ether oxygens (including phenoxy) is 1. The van der Waals surface area contributed by atoms with Crippen molar-refractivity contribution in [2.75, 3.05) is 6.61 Å². The Morgan fingerprint density at radius 3 is 2.56 bits per heavy atom. The Labute approximate surface area is 93.5 Å². The zero-order chi connectivity index (χ0) is 12.3. The molecule has 1 rings (SSSR count). The maximum atomic E-state index is 11.5. The molecule has 0 saturated carbocycles. The zero-order valence-electron chi connectivity index (χ0n) is 9.81. The Bertz CT molecular complexity index is 435. The number of hydrogen-bond acceptors (Lipinski definition) is 5. The van der Waals surface area contributed by atoms with E-state index in [0.717, 1.165) is 5.69 Å². The summed E-state index contributed by atoms with van der Waals surface area (Å²) in [6.45, 7) is 5.46. The normalized spacial score (nSPS) is 11.6. The maximum absolute atomic E-state index is 11.5. The highest BCUT2D eigenvalue weighted by molar-refractivity contribution is 6.43. The minimum Gasteiger partial charge on any atom is -0.461 e. The van der Waals surface area contributed by atoms with Crippen molar-refractivity contribution in [1.29, 1.82) is 0 Å². The van der Waals surface area contributed by atoms with Crippen LogP contribution in [0.1, 0.15) is 23.9 Å². The first-order valence-corrected chi connectivity index (χ1v) is 4.92. The van der Waals surface area contributed by atoms with Gasteiger partial charge in [-0.1, -0.05) is 5.16 Å². The fourth-order valence-corrected chi connectivity index (χ4v) is 1.51. The highest BCUT2D eigenvalue weighted by Crippen LogP contribution is 2.14. The van der Waals surface area contributed by atoms with Crippen molar-refractivity contribution in [2.45, 2.75) is 20.8 Å². The molecule has 0 radical (unpaired) electrons. The minimum absolute atomic E-state index is 0.107. The average Bonchev–Trinajstić information content (AvgIpc) is 2.46. The molecule has 0 unspecified atom stereocenters. The van der Waals surface area contributed by atoms with Crippen LogP contribution in [-0.2, 0) is 16.6 Å². The van der Waals surface area contributed by atoms with E-state index in [1.807, 2.05) is 0 Å². The summed E-state index contributed by atoms with van der Waals surface area (Å²) < 4.78 is 6.42. The second-order valence-corrected chi connectivity index (χ2v) is 3.34. The molecular formula is C10H15N3O3. The molecule has 0 spiro atoms. The molecule has 88 valence electrons. The summed E-state index contributed by atoms with van der Waals surface area (Å²) in [5.41, 5.74) is 1.78. The number of carbonyl (C=O) groups excluding carboxylic acids is 1.